The van der Waals surface area contributed by atoms with E-state index in [-0.39, 0.29) is 6.61 Å². The lowest BCUT2D eigenvalue weighted by Gasteiger charge is -2.11. The monoisotopic (exact) mass is 376 g/mol. The molecule has 128 valence electrons. The van der Waals surface area contributed by atoms with Gasteiger partial charge >= 0.3 is 0 Å². The molecule has 2 rings (SSSR count). The number of terminal acetylenes is 1. The Bertz CT molecular complexity index is 845. The van der Waals surface area contributed by atoms with E-state index < -0.39 is 5.91 Å². The Morgan fingerprint density at radius 2 is 2.08 bits per heavy atom. The highest BCUT2D eigenvalue weighted by Crippen LogP contribution is 2.35. The number of carbonyl (C=O) groups excluding carboxylic acids is 1. The summed E-state index contributed by atoms with van der Waals surface area (Å²) >= 11 is 12.1. The van der Waals surface area contributed by atoms with Crippen molar-refractivity contribution in [2.75, 3.05) is 13.7 Å². The summed E-state index contributed by atoms with van der Waals surface area (Å²) in [6.45, 7) is 0.0669. The number of nitrogens with one attached hydrogen (secondary N) is 1. The first-order chi connectivity index (χ1) is 12.1. The molecule has 0 heterocycles. The average molecular weight is 377 g/mol. The molecule has 2 aromatic carbocycles. The van der Waals surface area contributed by atoms with Crippen LogP contribution in [0.1, 0.15) is 15.9 Å². The van der Waals surface area contributed by atoms with E-state index in [4.69, 9.17) is 39.1 Å². The van der Waals surface area contributed by atoms with Crippen molar-refractivity contribution in [2.45, 2.75) is 0 Å². The lowest BCUT2D eigenvalue weighted by molar-refractivity contribution is 0.0955. The van der Waals surface area contributed by atoms with Crippen LogP contribution in [0.4, 0.5) is 0 Å². The van der Waals surface area contributed by atoms with Crippen LogP contribution in [0.25, 0.3) is 0 Å². The molecule has 0 spiro atoms. The molecule has 0 fully saturated rings. The van der Waals surface area contributed by atoms with E-state index in [9.17, 15) is 4.79 Å². The summed E-state index contributed by atoms with van der Waals surface area (Å²) in [5.41, 5.74) is 3.33. The van der Waals surface area contributed by atoms with Crippen molar-refractivity contribution in [3.05, 3.63) is 57.6 Å². The second-order valence-electron chi connectivity index (χ2n) is 4.71. The van der Waals surface area contributed by atoms with Crippen molar-refractivity contribution >= 4 is 35.3 Å². The molecule has 1 amide bonds. The molecule has 0 bridgehead atoms. The summed E-state index contributed by atoms with van der Waals surface area (Å²) in [6, 6.07) is 9.94. The topological polar surface area (TPSA) is 59.9 Å². The molecule has 0 aliphatic rings. The van der Waals surface area contributed by atoms with Gasteiger partial charge in [-0.25, -0.2) is 5.43 Å². The van der Waals surface area contributed by atoms with E-state index in [1.807, 2.05) is 0 Å². The minimum atomic E-state index is -0.422. The number of halogens is 2. The highest BCUT2D eigenvalue weighted by molar-refractivity contribution is 6.34. The first-order valence-corrected chi connectivity index (χ1v) is 7.84. The average Bonchev–Trinajstić information content (AvgIpc) is 2.60. The maximum absolute atomic E-state index is 12.0. The summed E-state index contributed by atoms with van der Waals surface area (Å²) in [5, 5.41) is 4.55. The highest BCUT2D eigenvalue weighted by atomic mass is 35.5. The van der Waals surface area contributed by atoms with Crippen LogP contribution in [0, 0.1) is 12.3 Å². The molecule has 0 saturated carbocycles. The van der Waals surface area contributed by atoms with Crippen molar-refractivity contribution in [3.8, 4) is 23.8 Å². The minimum Gasteiger partial charge on any atom is -0.493 e. The third-order valence-corrected chi connectivity index (χ3v) is 3.66. The Morgan fingerprint density at radius 3 is 2.76 bits per heavy atom. The SMILES string of the molecule is C#CCOc1c(Cl)cc(/C=N\NC(=O)c2ccccc2Cl)cc1OC. The van der Waals surface area contributed by atoms with E-state index in [1.165, 1.54) is 13.3 Å². The molecule has 0 saturated heterocycles. The van der Waals surface area contributed by atoms with Gasteiger partial charge in [0.25, 0.3) is 5.91 Å². The quantitative estimate of drug-likeness (QED) is 0.474. The van der Waals surface area contributed by atoms with Crippen molar-refractivity contribution in [1.82, 2.24) is 5.43 Å². The van der Waals surface area contributed by atoms with Gasteiger partial charge in [-0.05, 0) is 29.8 Å². The Balaban J connectivity index is 2.13. The predicted molar refractivity (Wildman–Crippen MR) is 98.8 cm³/mol. The molecular weight excluding hydrogens is 363 g/mol. The molecule has 0 radical (unpaired) electrons. The molecule has 5 nitrogen and oxygen atoms in total. The molecular formula is C18H14Cl2N2O3. The third-order valence-electron chi connectivity index (χ3n) is 3.05. The molecule has 25 heavy (non-hydrogen) atoms. The molecule has 1 N–H and O–H groups in total. The summed E-state index contributed by atoms with van der Waals surface area (Å²) in [4.78, 5) is 12.0. The minimum absolute atomic E-state index is 0.0669. The van der Waals surface area contributed by atoms with Crippen molar-refractivity contribution < 1.29 is 14.3 Å². The molecule has 0 aliphatic carbocycles. The maximum atomic E-state index is 12.0. The number of amides is 1. The highest BCUT2D eigenvalue weighted by Gasteiger charge is 2.11. The van der Waals surface area contributed by atoms with Gasteiger partial charge in [0, 0.05) is 0 Å². The largest absolute Gasteiger partial charge is 0.493 e. The van der Waals surface area contributed by atoms with Crippen LogP contribution in [0.2, 0.25) is 10.0 Å². The van der Waals surface area contributed by atoms with E-state index in [2.05, 4.69) is 16.4 Å². The fraction of sp³-hybridized carbons (Fsp3) is 0.111. The molecule has 0 aromatic heterocycles. The fourth-order valence-corrected chi connectivity index (χ4v) is 2.43. The van der Waals surface area contributed by atoms with Crippen LogP contribution in [0.15, 0.2) is 41.5 Å². The maximum Gasteiger partial charge on any atom is 0.272 e. The zero-order valence-corrected chi connectivity index (χ0v) is 14.8. The van der Waals surface area contributed by atoms with E-state index in [0.717, 1.165) is 0 Å². The Kier molecular flexibility index (Phi) is 6.70. The third kappa shape index (κ3) is 4.90. The lowest BCUT2D eigenvalue weighted by Crippen LogP contribution is -2.17. The van der Waals surface area contributed by atoms with Gasteiger partial charge in [0.15, 0.2) is 11.5 Å². The van der Waals surface area contributed by atoms with E-state index in [0.29, 0.717) is 32.7 Å². The molecule has 2 aromatic rings. The van der Waals surface area contributed by atoms with E-state index >= 15 is 0 Å². The molecule has 7 heteroatoms. The van der Waals surface area contributed by atoms with Gasteiger partial charge < -0.3 is 9.47 Å². The number of benzene rings is 2. The Hall–Kier alpha value is -2.68. The number of methoxy groups -OCH3 is 1. The van der Waals surface area contributed by atoms with Gasteiger partial charge in [0.2, 0.25) is 0 Å². The molecule has 0 aliphatic heterocycles. The normalized spacial score (nSPS) is 10.3. The van der Waals surface area contributed by atoms with Crippen LogP contribution < -0.4 is 14.9 Å². The van der Waals surface area contributed by atoms with Gasteiger partial charge in [-0.1, -0.05) is 41.3 Å². The zero-order valence-electron chi connectivity index (χ0n) is 13.3. The van der Waals surface area contributed by atoms with Crippen LogP contribution in [-0.4, -0.2) is 25.8 Å². The number of hydrogen-bond acceptors (Lipinski definition) is 4. The number of hydrazone groups is 1. The fourth-order valence-electron chi connectivity index (χ4n) is 1.94. The van der Waals surface area contributed by atoms with Crippen LogP contribution in [-0.2, 0) is 0 Å². The second-order valence-corrected chi connectivity index (χ2v) is 5.52. The van der Waals surface area contributed by atoms with Crippen LogP contribution >= 0.6 is 23.2 Å². The number of nitrogens with zero attached hydrogens (tertiary/aromatic N) is 1. The first kappa shape index (κ1) is 18.7. The number of hydrogen-bond donors (Lipinski definition) is 1. The smallest absolute Gasteiger partial charge is 0.272 e. The second kappa shape index (κ2) is 8.97. The van der Waals surface area contributed by atoms with Gasteiger partial charge in [-0.3, -0.25) is 4.79 Å². The number of carbonyl (C=O) groups is 1. The molecule has 0 atom stereocenters. The van der Waals surface area contributed by atoms with Crippen LogP contribution in [0.3, 0.4) is 0 Å². The summed E-state index contributed by atoms with van der Waals surface area (Å²) in [6.07, 6.45) is 6.60. The summed E-state index contributed by atoms with van der Waals surface area (Å²) < 4.78 is 10.6. The van der Waals surface area contributed by atoms with Gasteiger partial charge in [0.05, 0.1) is 28.9 Å². The van der Waals surface area contributed by atoms with Crippen molar-refractivity contribution in [1.29, 1.82) is 0 Å². The Labute approximate surface area is 155 Å². The summed E-state index contributed by atoms with van der Waals surface area (Å²) in [5.74, 6) is 2.68. The van der Waals surface area contributed by atoms with Gasteiger partial charge in [-0.2, -0.15) is 5.10 Å². The zero-order chi connectivity index (χ0) is 18.2. The van der Waals surface area contributed by atoms with Crippen molar-refractivity contribution in [3.63, 3.8) is 0 Å². The number of rotatable bonds is 6. The standard InChI is InChI=1S/C18H14Cl2N2O3/c1-3-8-25-17-15(20)9-12(10-16(17)24-2)11-21-22-18(23)13-6-4-5-7-14(13)19/h1,4-7,9-11H,8H2,2H3,(H,22,23)/b21-11-. The van der Waals surface area contributed by atoms with Crippen molar-refractivity contribution in [2.24, 2.45) is 5.10 Å². The summed E-state index contributed by atoms with van der Waals surface area (Å²) in [7, 11) is 1.48. The van der Waals surface area contributed by atoms with E-state index in [1.54, 1.807) is 36.4 Å². The lowest BCUT2D eigenvalue weighted by atomic mass is 10.2. The van der Waals surface area contributed by atoms with Gasteiger partial charge in [0.1, 0.15) is 6.61 Å². The Morgan fingerprint density at radius 1 is 1.32 bits per heavy atom. The molecule has 0 unspecified atom stereocenters. The van der Waals surface area contributed by atoms with Crippen LogP contribution in [0.5, 0.6) is 11.5 Å². The number of ether oxygens (including phenoxy) is 2. The van der Waals surface area contributed by atoms with Gasteiger partial charge in [-0.15, -0.1) is 6.42 Å². The predicted octanol–water partition coefficient (Wildman–Crippen LogP) is 3.78. The first-order valence-electron chi connectivity index (χ1n) is 7.08.